The van der Waals surface area contributed by atoms with Crippen molar-refractivity contribution in [3.8, 4) is 0 Å². The maximum Gasteiger partial charge on any atom is 0.250 e. The van der Waals surface area contributed by atoms with Gasteiger partial charge in [0.05, 0.1) is 5.92 Å². The predicted octanol–water partition coefficient (Wildman–Crippen LogP) is 1.10. The second-order valence-corrected chi connectivity index (χ2v) is 4.53. The molecule has 5 heteroatoms. The summed E-state index contributed by atoms with van der Waals surface area (Å²) in [5, 5.41) is 8.60. The number of nitrogens with one attached hydrogen (secondary N) is 1. The lowest BCUT2D eigenvalue weighted by Gasteiger charge is -2.18. The maximum absolute atomic E-state index is 12.2. The molecule has 19 heavy (non-hydrogen) atoms. The molecule has 0 aliphatic carbocycles. The summed E-state index contributed by atoms with van der Waals surface area (Å²) in [6.45, 7) is 2.61. The molecule has 2 amide bonds. The number of rotatable bonds is 4. The summed E-state index contributed by atoms with van der Waals surface area (Å²) in [6, 6.07) is 9.68. The van der Waals surface area contributed by atoms with Crippen molar-refractivity contribution >= 4 is 11.8 Å². The van der Waals surface area contributed by atoms with Crippen LogP contribution in [0.15, 0.2) is 42.0 Å². The van der Waals surface area contributed by atoms with Crippen LogP contribution < -0.4 is 5.48 Å². The van der Waals surface area contributed by atoms with Gasteiger partial charge >= 0.3 is 0 Å². The van der Waals surface area contributed by atoms with Crippen LogP contribution in [0.2, 0.25) is 0 Å². The van der Waals surface area contributed by atoms with Crippen LogP contribution >= 0.6 is 0 Å². The highest BCUT2D eigenvalue weighted by Gasteiger charge is 2.30. The van der Waals surface area contributed by atoms with E-state index in [9.17, 15) is 9.59 Å². The molecule has 1 heterocycles. The van der Waals surface area contributed by atoms with Crippen molar-refractivity contribution in [2.24, 2.45) is 5.92 Å². The van der Waals surface area contributed by atoms with Crippen LogP contribution in [-0.2, 0) is 16.1 Å². The molecular weight excluding hydrogens is 244 g/mol. The van der Waals surface area contributed by atoms with E-state index in [4.69, 9.17) is 5.21 Å². The number of hydrogen-bond donors (Lipinski definition) is 2. The van der Waals surface area contributed by atoms with Crippen molar-refractivity contribution in [2.45, 2.75) is 13.5 Å². The largest absolute Gasteiger partial charge is 0.331 e. The molecule has 0 aromatic heterocycles. The second-order valence-electron chi connectivity index (χ2n) is 4.53. The second kappa shape index (κ2) is 5.67. The molecule has 0 saturated carbocycles. The normalized spacial score (nSPS) is 16.2. The first-order valence-electron chi connectivity index (χ1n) is 6.10. The summed E-state index contributed by atoms with van der Waals surface area (Å²) in [6.07, 6.45) is 1.74. The molecule has 1 aliphatic rings. The van der Waals surface area contributed by atoms with Gasteiger partial charge in [0.15, 0.2) is 0 Å². The quantitative estimate of drug-likeness (QED) is 0.629. The lowest BCUT2D eigenvalue weighted by Crippen LogP contribution is -2.32. The van der Waals surface area contributed by atoms with E-state index in [0.717, 1.165) is 5.56 Å². The highest BCUT2D eigenvalue weighted by atomic mass is 16.5. The first-order valence-corrected chi connectivity index (χ1v) is 6.10. The first-order chi connectivity index (χ1) is 9.13. The van der Waals surface area contributed by atoms with E-state index < -0.39 is 11.8 Å². The van der Waals surface area contributed by atoms with E-state index in [1.54, 1.807) is 23.4 Å². The van der Waals surface area contributed by atoms with Crippen molar-refractivity contribution in [3.05, 3.63) is 47.5 Å². The van der Waals surface area contributed by atoms with Gasteiger partial charge in [0.2, 0.25) is 0 Å². The molecule has 2 rings (SSSR count). The van der Waals surface area contributed by atoms with Gasteiger partial charge in [-0.25, -0.2) is 5.48 Å². The average molecular weight is 260 g/mol. The van der Waals surface area contributed by atoms with E-state index in [0.29, 0.717) is 18.7 Å². The number of carbonyl (C=O) groups is 2. The minimum Gasteiger partial charge on any atom is -0.331 e. The fraction of sp³-hybridized carbons (Fsp3) is 0.286. The number of amides is 2. The summed E-state index contributed by atoms with van der Waals surface area (Å²) in [5.74, 6) is -1.36. The van der Waals surface area contributed by atoms with E-state index in [1.165, 1.54) is 0 Å². The first kappa shape index (κ1) is 13.3. The summed E-state index contributed by atoms with van der Waals surface area (Å²) in [4.78, 5) is 25.2. The Balaban J connectivity index is 2.03. The fourth-order valence-corrected chi connectivity index (χ4v) is 2.10. The van der Waals surface area contributed by atoms with Gasteiger partial charge in [-0.2, -0.15) is 0 Å². The van der Waals surface area contributed by atoms with Crippen LogP contribution in [0.4, 0.5) is 0 Å². The van der Waals surface area contributed by atoms with Gasteiger partial charge in [0.25, 0.3) is 11.8 Å². The van der Waals surface area contributed by atoms with Crippen molar-refractivity contribution < 1.29 is 14.8 Å². The summed E-state index contributed by atoms with van der Waals surface area (Å²) >= 11 is 0. The third-order valence-electron chi connectivity index (χ3n) is 3.25. The molecule has 1 aromatic carbocycles. The minimum absolute atomic E-state index is 0.153. The number of carbonyl (C=O) groups excluding carboxylic acids is 2. The van der Waals surface area contributed by atoms with Gasteiger partial charge in [0, 0.05) is 18.7 Å². The van der Waals surface area contributed by atoms with E-state index in [-0.39, 0.29) is 5.91 Å². The topological polar surface area (TPSA) is 69.6 Å². The Labute approximate surface area is 111 Å². The van der Waals surface area contributed by atoms with Crippen molar-refractivity contribution in [3.63, 3.8) is 0 Å². The van der Waals surface area contributed by atoms with Crippen LogP contribution in [0.5, 0.6) is 0 Å². The molecule has 0 spiro atoms. The van der Waals surface area contributed by atoms with Crippen LogP contribution in [0.3, 0.4) is 0 Å². The third-order valence-corrected chi connectivity index (χ3v) is 3.25. The Kier molecular flexibility index (Phi) is 3.97. The summed E-state index contributed by atoms with van der Waals surface area (Å²) < 4.78 is 0. The Morgan fingerprint density at radius 1 is 1.42 bits per heavy atom. The number of hydrogen-bond acceptors (Lipinski definition) is 3. The van der Waals surface area contributed by atoms with Crippen molar-refractivity contribution in [1.29, 1.82) is 0 Å². The highest BCUT2D eigenvalue weighted by molar-refractivity contribution is 6.01. The highest BCUT2D eigenvalue weighted by Crippen LogP contribution is 2.21. The van der Waals surface area contributed by atoms with Gasteiger partial charge in [-0.15, -0.1) is 0 Å². The Morgan fingerprint density at radius 3 is 2.74 bits per heavy atom. The molecule has 1 aliphatic heterocycles. The average Bonchev–Trinajstić information content (AvgIpc) is 2.80. The molecule has 0 fully saturated rings. The predicted molar refractivity (Wildman–Crippen MR) is 69.0 cm³/mol. The van der Waals surface area contributed by atoms with Gasteiger partial charge in [-0.3, -0.25) is 14.8 Å². The van der Waals surface area contributed by atoms with Gasteiger partial charge in [0.1, 0.15) is 0 Å². The maximum atomic E-state index is 12.2. The molecule has 2 N–H and O–H groups in total. The van der Waals surface area contributed by atoms with E-state index >= 15 is 0 Å². The minimum atomic E-state index is -0.640. The molecule has 0 saturated heterocycles. The zero-order valence-electron chi connectivity index (χ0n) is 10.7. The summed E-state index contributed by atoms with van der Waals surface area (Å²) in [5.41, 5.74) is 3.06. The molecular formula is C14H16N2O3. The molecule has 0 bridgehead atoms. The Bertz CT molecular complexity index is 511. The molecule has 1 aromatic rings. The molecule has 0 radical (unpaired) electrons. The van der Waals surface area contributed by atoms with E-state index in [1.807, 2.05) is 30.3 Å². The van der Waals surface area contributed by atoms with Gasteiger partial charge < -0.3 is 4.90 Å². The van der Waals surface area contributed by atoms with Crippen LogP contribution in [0.25, 0.3) is 0 Å². The summed E-state index contributed by atoms with van der Waals surface area (Å²) in [7, 11) is 0. The number of hydroxylamine groups is 1. The van der Waals surface area contributed by atoms with Crippen LogP contribution in [0.1, 0.15) is 12.5 Å². The Morgan fingerprint density at radius 2 is 2.11 bits per heavy atom. The van der Waals surface area contributed by atoms with Crippen molar-refractivity contribution in [1.82, 2.24) is 10.4 Å². The monoisotopic (exact) mass is 260 g/mol. The van der Waals surface area contributed by atoms with Crippen molar-refractivity contribution in [2.75, 3.05) is 6.54 Å². The number of benzene rings is 1. The zero-order valence-corrected chi connectivity index (χ0v) is 10.7. The van der Waals surface area contributed by atoms with Crippen LogP contribution in [-0.4, -0.2) is 28.5 Å². The van der Waals surface area contributed by atoms with Gasteiger partial charge in [-0.05, 0) is 12.5 Å². The Hall–Kier alpha value is -2.14. The molecule has 1 unspecified atom stereocenters. The third kappa shape index (κ3) is 2.82. The lowest BCUT2D eigenvalue weighted by molar-refractivity contribution is -0.134. The van der Waals surface area contributed by atoms with E-state index in [2.05, 4.69) is 0 Å². The molecule has 1 atom stereocenters. The van der Waals surface area contributed by atoms with Crippen LogP contribution in [0, 0.1) is 5.92 Å². The van der Waals surface area contributed by atoms with Gasteiger partial charge in [-0.1, -0.05) is 36.4 Å². The standard InChI is InChI=1S/C14H16N2O3/c1-10(13(17)15-19)12-7-8-16(14(12)18)9-11-5-3-2-4-6-11/h2-7,10,19H,8-9H2,1H3,(H,15,17). The SMILES string of the molecule is CC(C(=O)NO)C1=CCN(Cc2ccccc2)C1=O. The lowest BCUT2D eigenvalue weighted by atomic mass is 10.0. The number of nitrogens with zero attached hydrogens (tertiary/aromatic N) is 1. The smallest absolute Gasteiger partial charge is 0.250 e. The fourth-order valence-electron chi connectivity index (χ4n) is 2.10. The molecule has 100 valence electrons. The zero-order chi connectivity index (χ0) is 13.8. The molecule has 5 nitrogen and oxygen atoms in total.